The Balaban J connectivity index is 3.27. The van der Waals surface area contributed by atoms with Gasteiger partial charge in [-0.15, -0.1) is 0 Å². The van der Waals surface area contributed by atoms with Crippen molar-refractivity contribution in [2.75, 3.05) is 0 Å². The Morgan fingerprint density at radius 1 is 1.50 bits per heavy atom. The van der Waals surface area contributed by atoms with E-state index in [0.29, 0.717) is 0 Å². The maximum absolute atomic E-state index is 10.8. The van der Waals surface area contributed by atoms with Crippen LogP contribution in [0.3, 0.4) is 0 Å². The van der Waals surface area contributed by atoms with Crippen molar-refractivity contribution in [3.05, 3.63) is 32.6 Å². The van der Waals surface area contributed by atoms with Crippen LogP contribution >= 0.6 is 0 Å². The van der Waals surface area contributed by atoms with Gasteiger partial charge in [0.2, 0.25) is 0 Å². The molecule has 3 N–H and O–H groups in total. The van der Waals surface area contributed by atoms with Crippen molar-refractivity contribution in [3.63, 3.8) is 0 Å². The van der Waals surface area contributed by atoms with E-state index in [1.165, 1.54) is 0 Å². The first-order valence-electron chi connectivity index (χ1n) is 3.10. The number of H-pyrrole nitrogens is 2. The molecule has 1 rings (SSSR count). The highest BCUT2D eigenvalue weighted by atomic mass is 16.3. The van der Waals surface area contributed by atoms with E-state index in [-0.39, 0.29) is 11.8 Å². The van der Waals surface area contributed by atoms with Crippen LogP contribution in [0.1, 0.15) is 11.7 Å². The molecule has 6 nitrogen and oxygen atoms in total. The molecule has 0 saturated heterocycles. The van der Waals surface area contributed by atoms with Gasteiger partial charge in [-0.3, -0.25) is 9.78 Å². The number of carbonyl (C=O) groups is 1. The molecule has 12 heavy (non-hydrogen) atoms. The molecule has 0 aromatic carbocycles. The summed E-state index contributed by atoms with van der Waals surface area (Å²) in [5.74, 6) is 0. The lowest BCUT2D eigenvalue weighted by Crippen LogP contribution is -2.26. The van der Waals surface area contributed by atoms with Gasteiger partial charge < -0.3 is 14.9 Å². The minimum atomic E-state index is -1.49. The minimum absolute atomic E-state index is 0.176. The standard InChI is InChI=1S/C6H6N2O4/c9-2-4(10)3-1-7-6(12)8-5(3)11/h1-2,4,10H,(H2,7,8,11,12). The number of aromatic amines is 2. The third-order valence-electron chi connectivity index (χ3n) is 1.30. The van der Waals surface area contributed by atoms with Crippen LogP contribution in [0.15, 0.2) is 15.8 Å². The van der Waals surface area contributed by atoms with E-state index in [4.69, 9.17) is 5.11 Å². The lowest BCUT2D eigenvalue weighted by molar-refractivity contribution is -0.115. The van der Waals surface area contributed by atoms with Gasteiger partial charge in [-0.2, -0.15) is 0 Å². The number of hydrogen-bond donors (Lipinski definition) is 3. The Labute approximate surface area is 65.9 Å². The van der Waals surface area contributed by atoms with Gasteiger partial charge in [0.15, 0.2) is 6.29 Å². The molecule has 0 aliphatic carbocycles. The van der Waals surface area contributed by atoms with Crippen LogP contribution in [0.2, 0.25) is 0 Å². The highest BCUT2D eigenvalue weighted by Gasteiger charge is 2.09. The first-order chi connectivity index (χ1) is 5.65. The van der Waals surface area contributed by atoms with Gasteiger partial charge in [0.05, 0.1) is 5.56 Å². The van der Waals surface area contributed by atoms with Gasteiger partial charge in [-0.05, 0) is 0 Å². The lowest BCUT2D eigenvalue weighted by Gasteiger charge is -1.98. The Kier molecular flexibility index (Phi) is 2.20. The van der Waals surface area contributed by atoms with Crippen molar-refractivity contribution in [2.24, 2.45) is 0 Å². The average Bonchev–Trinajstić information content (AvgIpc) is 2.03. The van der Waals surface area contributed by atoms with Crippen molar-refractivity contribution >= 4 is 6.29 Å². The van der Waals surface area contributed by atoms with Gasteiger partial charge in [-0.1, -0.05) is 0 Å². The van der Waals surface area contributed by atoms with Crippen molar-refractivity contribution in [1.82, 2.24) is 9.97 Å². The summed E-state index contributed by atoms with van der Waals surface area (Å²) in [7, 11) is 0. The molecular weight excluding hydrogens is 164 g/mol. The van der Waals surface area contributed by atoms with Crippen molar-refractivity contribution in [2.45, 2.75) is 6.10 Å². The number of aldehydes is 1. The second kappa shape index (κ2) is 3.14. The van der Waals surface area contributed by atoms with Gasteiger partial charge in [0.25, 0.3) is 5.56 Å². The topological polar surface area (TPSA) is 103 Å². The molecule has 0 aliphatic rings. The molecule has 0 aliphatic heterocycles. The molecule has 0 radical (unpaired) electrons. The van der Waals surface area contributed by atoms with E-state index in [2.05, 4.69) is 4.98 Å². The number of aliphatic hydroxyl groups excluding tert-OH is 1. The van der Waals surface area contributed by atoms with Crippen LogP contribution in [-0.4, -0.2) is 21.4 Å². The van der Waals surface area contributed by atoms with Crippen molar-refractivity contribution in [3.8, 4) is 0 Å². The maximum Gasteiger partial charge on any atom is 0.325 e. The SMILES string of the molecule is O=CC(O)c1c[nH]c(=O)[nH]c1=O. The predicted octanol–water partition coefficient (Wildman–Crippen LogP) is -1.70. The first kappa shape index (κ1) is 8.41. The molecule has 6 heteroatoms. The summed E-state index contributed by atoms with van der Waals surface area (Å²) in [6.45, 7) is 0. The number of aliphatic hydroxyl groups is 1. The van der Waals surface area contributed by atoms with E-state index >= 15 is 0 Å². The van der Waals surface area contributed by atoms with Crippen LogP contribution in [0.4, 0.5) is 0 Å². The zero-order valence-electron chi connectivity index (χ0n) is 5.90. The summed E-state index contributed by atoms with van der Waals surface area (Å²) in [5.41, 5.74) is -1.62. The quantitative estimate of drug-likeness (QED) is 0.460. The number of nitrogens with one attached hydrogen (secondary N) is 2. The first-order valence-corrected chi connectivity index (χ1v) is 3.10. The van der Waals surface area contributed by atoms with E-state index in [9.17, 15) is 14.4 Å². The second-order valence-electron chi connectivity index (χ2n) is 2.11. The fourth-order valence-electron chi connectivity index (χ4n) is 0.713. The van der Waals surface area contributed by atoms with E-state index in [0.717, 1.165) is 6.20 Å². The molecule has 1 aromatic rings. The van der Waals surface area contributed by atoms with Crippen LogP contribution in [0.25, 0.3) is 0 Å². The number of hydrogen-bond acceptors (Lipinski definition) is 4. The molecule has 0 spiro atoms. The molecule has 1 unspecified atom stereocenters. The van der Waals surface area contributed by atoms with Crippen LogP contribution in [-0.2, 0) is 4.79 Å². The van der Waals surface area contributed by atoms with E-state index < -0.39 is 17.4 Å². The normalized spacial score (nSPS) is 12.4. The summed E-state index contributed by atoms with van der Waals surface area (Å²) in [5, 5.41) is 8.89. The average molecular weight is 170 g/mol. The van der Waals surface area contributed by atoms with E-state index in [1.54, 1.807) is 0 Å². The third kappa shape index (κ3) is 1.48. The Bertz CT molecular complexity index is 391. The number of rotatable bonds is 2. The molecule has 64 valence electrons. The van der Waals surface area contributed by atoms with Gasteiger partial charge in [0, 0.05) is 6.20 Å². The summed E-state index contributed by atoms with van der Waals surface area (Å²) < 4.78 is 0. The van der Waals surface area contributed by atoms with Gasteiger partial charge in [0.1, 0.15) is 6.10 Å². The predicted molar refractivity (Wildman–Crippen MR) is 38.7 cm³/mol. The van der Waals surface area contributed by atoms with Crippen molar-refractivity contribution < 1.29 is 9.90 Å². The fourth-order valence-corrected chi connectivity index (χ4v) is 0.713. The van der Waals surface area contributed by atoms with Crippen molar-refractivity contribution in [1.29, 1.82) is 0 Å². The fraction of sp³-hybridized carbons (Fsp3) is 0.167. The zero-order valence-corrected chi connectivity index (χ0v) is 5.90. The number of aromatic nitrogens is 2. The number of carbonyl (C=O) groups excluding carboxylic acids is 1. The Hall–Kier alpha value is -1.69. The van der Waals surface area contributed by atoms with E-state index in [1.807, 2.05) is 4.98 Å². The summed E-state index contributed by atoms with van der Waals surface area (Å²) in [4.78, 5) is 35.4. The molecule has 1 heterocycles. The monoisotopic (exact) mass is 170 g/mol. The zero-order chi connectivity index (χ0) is 9.14. The second-order valence-corrected chi connectivity index (χ2v) is 2.11. The lowest BCUT2D eigenvalue weighted by atomic mass is 10.2. The summed E-state index contributed by atoms with van der Waals surface area (Å²) in [6, 6.07) is 0. The maximum atomic E-state index is 10.8. The largest absolute Gasteiger partial charge is 0.381 e. The highest BCUT2D eigenvalue weighted by molar-refractivity contribution is 5.58. The molecule has 1 atom stereocenters. The molecular formula is C6H6N2O4. The van der Waals surface area contributed by atoms with Gasteiger partial charge >= 0.3 is 5.69 Å². The van der Waals surface area contributed by atoms with Crippen LogP contribution in [0, 0.1) is 0 Å². The Morgan fingerprint density at radius 2 is 2.17 bits per heavy atom. The van der Waals surface area contributed by atoms with Crippen LogP contribution in [0.5, 0.6) is 0 Å². The summed E-state index contributed by atoms with van der Waals surface area (Å²) >= 11 is 0. The van der Waals surface area contributed by atoms with Gasteiger partial charge in [-0.25, -0.2) is 4.79 Å². The highest BCUT2D eigenvalue weighted by Crippen LogP contribution is 1.99. The smallest absolute Gasteiger partial charge is 0.325 e. The molecule has 0 fully saturated rings. The summed E-state index contributed by atoms with van der Waals surface area (Å²) in [6.07, 6.45) is -0.297. The van der Waals surface area contributed by atoms with Crippen LogP contribution < -0.4 is 11.2 Å². The molecule has 0 saturated carbocycles. The molecule has 0 bridgehead atoms. The molecule has 0 amide bonds. The molecule has 1 aromatic heterocycles. The Morgan fingerprint density at radius 3 is 2.67 bits per heavy atom. The third-order valence-corrected chi connectivity index (χ3v) is 1.30. The minimum Gasteiger partial charge on any atom is -0.381 e.